The maximum absolute atomic E-state index is 11.9. The largest absolute Gasteiger partial charge is 0.228 e. The number of benzene rings is 1. The van der Waals surface area contributed by atoms with Gasteiger partial charge in [0.2, 0.25) is 0 Å². The first-order valence-electron chi connectivity index (χ1n) is 6.27. The molecular formula is C14H22O2S. The predicted molar refractivity (Wildman–Crippen MR) is 72.9 cm³/mol. The van der Waals surface area contributed by atoms with Gasteiger partial charge in [0, 0.05) is 6.26 Å². The predicted octanol–water partition coefficient (Wildman–Crippen LogP) is 3.52. The summed E-state index contributed by atoms with van der Waals surface area (Å²) in [6, 6.07) is 7.89. The third kappa shape index (κ3) is 3.84. The summed E-state index contributed by atoms with van der Waals surface area (Å²) in [5.74, 6) is 0. The molecule has 0 bridgehead atoms. The van der Waals surface area contributed by atoms with E-state index in [1.54, 1.807) is 0 Å². The molecule has 1 aromatic rings. The number of hydrogen-bond donors (Lipinski definition) is 0. The van der Waals surface area contributed by atoms with E-state index in [2.05, 4.69) is 13.8 Å². The Morgan fingerprint density at radius 3 is 2.35 bits per heavy atom. The van der Waals surface area contributed by atoms with Gasteiger partial charge in [-0.2, -0.15) is 0 Å². The Balaban J connectivity index is 3.13. The highest BCUT2D eigenvalue weighted by atomic mass is 32.2. The number of sulfone groups is 1. The molecule has 0 aliphatic carbocycles. The van der Waals surface area contributed by atoms with Crippen molar-refractivity contribution in [1.29, 1.82) is 0 Å². The van der Waals surface area contributed by atoms with E-state index in [-0.39, 0.29) is 5.25 Å². The van der Waals surface area contributed by atoms with Crippen molar-refractivity contribution in [3.05, 3.63) is 35.4 Å². The van der Waals surface area contributed by atoms with Gasteiger partial charge in [-0.15, -0.1) is 0 Å². The molecule has 1 atom stereocenters. The van der Waals surface area contributed by atoms with Gasteiger partial charge in [-0.1, -0.05) is 51.0 Å². The molecule has 2 nitrogen and oxygen atoms in total. The molecule has 0 saturated heterocycles. The van der Waals surface area contributed by atoms with Gasteiger partial charge in [-0.3, -0.25) is 0 Å². The second-order valence-electron chi connectivity index (χ2n) is 4.51. The molecule has 3 heteroatoms. The average molecular weight is 254 g/mol. The minimum atomic E-state index is -3.02. The molecule has 0 radical (unpaired) electrons. The minimum Gasteiger partial charge on any atom is -0.228 e. The van der Waals surface area contributed by atoms with Gasteiger partial charge in [-0.25, -0.2) is 8.42 Å². The fraction of sp³-hybridized carbons (Fsp3) is 0.571. The highest BCUT2D eigenvalue weighted by molar-refractivity contribution is 7.90. The van der Waals surface area contributed by atoms with Crippen molar-refractivity contribution < 1.29 is 8.42 Å². The zero-order valence-electron chi connectivity index (χ0n) is 10.9. The van der Waals surface area contributed by atoms with Crippen molar-refractivity contribution in [2.75, 3.05) is 6.26 Å². The summed E-state index contributed by atoms with van der Waals surface area (Å²) in [4.78, 5) is 0. The quantitative estimate of drug-likeness (QED) is 0.778. The summed E-state index contributed by atoms with van der Waals surface area (Å²) < 4.78 is 23.8. The van der Waals surface area contributed by atoms with Gasteiger partial charge in [0.25, 0.3) is 0 Å². The standard InChI is InChI=1S/C14H22O2S/c1-4-6-11-14(17(3,15)16)13-10-8-7-9-12(13)5-2/h7-10,14H,4-6,11H2,1-3H3/t14-/m0/s1. The number of aryl methyl sites for hydroxylation is 1. The molecule has 0 aliphatic heterocycles. The molecule has 96 valence electrons. The Kier molecular flexibility index (Phi) is 5.19. The van der Waals surface area contributed by atoms with Crippen molar-refractivity contribution in [2.45, 2.75) is 44.8 Å². The summed E-state index contributed by atoms with van der Waals surface area (Å²) >= 11 is 0. The molecular weight excluding hydrogens is 232 g/mol. The van der Waals surface area contributed by atoms with E-state index < -0.39 is 9.84 Å². The lowest BCUT2D eigenvalue weighted by molar-refractivity contribution is 0.573. The van der Waals surface area contributed by atoms with Crippen LogP contribution in [-0.2, 0) is 16.3 Å². The van der Waals surface area contributed by atoms with Crippen LogP contribution in [0.25, 0.3) is 0 Å². The third-order valence-electron chi connectivity index (χ3n) is 3.12. The first-order valence-corrected chi connectivity index (χ1v) is 8.22. The molecule has 0 fully saturated rings. The van der Waals surface area contributed by atoms with E-state index in [4.69, 9.17) is 0 Å². The summed E-state index contributed by atoms with van der Waals surface area (Å²) in [7, 11) is -3.02. The Morgan fingerprint density at radius 1 is 1.18 bits per heavy atom. The first-order chi connectivity index (χ1) is 8.00. The Hall–Kier alpha value is -0.830. The van der Waals surface area contributed by atoms with Crippen molar-refractivity contribution in [1.82, 2.24) is 0 Å². The molecule has 0 N–H and O–H groups in total. The van der Waals surface area contributed by atoms with Crippen molar-refractivity contribution >= 4 is 9.84 Å². The second-order valence-corrected chi connectivity index (χ2v) is 6.74. The summed E-state index contributed by atoms with van der Waals surface area (Å²) in [6.45, 7) is 4.16. The maximum atomic E-state index is 11.9. The highest BCUT2D eigenvalue weighted by Gasteiger charge is 2.23. The van der Waals surface area contributed by atoms with Gasteiger partial charge in [0.15, 0.2) is 9.84 Å². The Bertz CT molecular complexity index is 449. The van der Waals surface area contributed by atoms with Crippen LogP contribution >= 0.6 is 0 Å². The lowest BCUT2D eigenvalue weighted by atomic mass is 9.99. The van der Waals surface area contributed by atoms with Gasteiger partial charge < -0.3 is 0 Å². The molecule has 0 unspecified atom stereocenters. The molecule has 0 amide bonds. The van der Waals surface area contributed by atoms with Gasteiger partial charge in [-0.05, 0) is 24.0 Å². The normalized spacial score (nSPS) is 13.6. The average Bonchev–Trinajstić information content (AvgIpc) is 2.28. The van der Waals surface area contributed by atoms with Crippen LogP contribution in [0, 0.1) is 0 Å². The second kappa shape index (κ2) is 6.20. The molecule has 1 aromatic carbocycles. The molecule has 0 saturated carbocycles. The lowest BCUT2D eigenvalue weighted by Gasteiger charge is -2.18. The SMILES string of the molecule is CCCC[C@@H](c1ccccc1CC)S(C)(=O)=O. The van der Waals surface area contributed by atoms with Crippen LogP contribution in [0.3, 0.4) is 0 Å². The zero-order valence-corrected chi connectivity index (χ0v) is 11.8. The first kappa shape index (κ1) is 14.2. The molecule has 0 aliphatic rings. The van der Waals surface area contributed by atoms with Crippen LogP contribution in [0.15, 0.2) is 24.3 Å². The molecule has 0 heterocycles. The molecule has 1 rings (SSSR count). The molecule has 0 spiro atoms. The van der Waals surface area contributed by atoms with E-state index in [9.17, 15) is 8.42 Å². The lowest BCUT2D eigenvalue weighted by Crippen LogP contribution is -2.13. The Morgan fingerprint density at radius 2 is 1.82 bits per heavy atom. The van der Waals surface area contributed by atoms with Crippen LogP contribution in [0.4, 0.5) is 0 Å². The minimum absolute atomic E-state index is 0.335. The number of unbranched alkanes of at least 4 members (excludes halogenated alkanes) is 1. The third-order valence-corrected chi connectivity index (χ3v) is 4.64. The molecule has 17 heavy (non-hydrogen) atoms. The zero-order chi connectivity index (χ0) is 12.9. The summed E-state index contributed by atoms with van der Waals surface area (Å²) in [5.41, 5.74) is 2.14. The van der Waals surface area contributed by atoms with Crippen molar-refractivity contribution in [2.24, 2.45) is 0 Å². The van der Waals surface area contributed by atoms with Crippen LogP contribution in [-0.4, -0.2) is 14.7 Å². The van der Waals surface area contributed by atoms with Gasteiger partial charge in [0.05, 0.1) is 5.25 Å². The van der Waals surface area contributed by atoms with Crippen LogP contribution in [0.5, 0.6) is 0 Å². The van der Waals surface area contributed by atoms with Gasteiger partial charge >= 0.3 is 0 Å². The summed E-state index contributed by atoms with van der Waals surface area (Å²) in [6.07, 6.45) is 4.94. The smallest absolute Gasteiger partial charge is 0.154 e. The van der Waals surface area contributed by atoms with Crippen molar-refractivity contribution in [3.8, 4) is 0 Å². The van der Waals surface area contributed by atoms with Crippen molar-refractivity contribution in [3.63, 3.8) is 0 Å². The fourth-order valence-corrected chi connectivity index (χ4v) is 3.45. The monoisotopic (exact) mass is 254 g/mol. The molecule has 0 aromatic heterocycles. The van der Waals surface area contributed by atoms with E-state index in [1.165, 1.54) is 6.26 Å². The number of hydrogen-bond acceptors (Lipinski definition) is 2. The maximum Gasteiger partial charge on any atom is 0.154 e. The van der Waals surface area contributed by atoms with Crippen LogP contribution in [0.1, 0.15) is 49.5 Å². The van der Waals surface area contributed by atoms with E-state index in [0.717, 1.165) is 36.8 Å². The van der Waals surface area contributed by atoms with Gasteiger partial charge in [0.1, 0.15) is 0 Å². The number of rotatable bonds is 6. The topological polar surface area (TPSA) is 34.1 Å². The highest BCUT2D eigenvalue weighted by Crippen LogP contribution is 2.30. The van der Waals surface area contributed by atoms with E-state index in [1.807, 2.05) is 24.3 Å². The van der Waals surface area contributed by atoms with Crippen LogP contribution in [0.2, 0.25) is 0 Å². The Labute approximate surface area is 105 Å². The fourth-order valence-electron chi connectivity index (χ4n) is 2.16. The van der Waals surface area contributed by atoms with E-state index in [0.29, 0.717) is 0 Å². The van der Waals surface area contributed by atoms with Crippen LogP contribution < -0.4 is 0 Å². The summed E-state index contributed by atoms with van der Waals surface area (Å²) in [5, 5.41) is -0.335. The van der Waals surface area contributed by atoms with E-state index >= 15 is 0 Å².